The largest absolute Gasteiger partial charge is 0.463 e. The fraction of sp³-hybridized carbons (Fsp3) is 0.214. The van der Waals surface area contributed by atoms with Gasteiger partial charge < -0.3 is 14.3 Å². The van der Waals surface area contributed by atoms with Crippen molar-refractivity contribution in [3.05, 3.63) is 56.5 Å². The van der Waals surface area contributed by atoms with Gasteiger partial charge in [0.25, 0.3) is 0 Å². The van der Waals surface area contributed by atoms with E-state index >= 15 is 0 Å². The second-order valence-electron chi connectivity index (χ2n) is 4.07. The molecule has 0 bridgehead atoms. The maximum atomic E-state index is 11.3. The second-order valence-corrected chi connectivity index (χ2v) is 5.15. The van der Waals surface area contributed by atoms with E-state index in [9.17, 15) is 9.90 Å². The average Bonchev–Trinajstić information content (AvgIpc) is 2.90. The van der Waals surface area contributed by atoms with E-state index in [0.717, 1.165) is 14.7 Å². The maximum Gasteiger partial charge on any atom is 0.373 e. The van der Waals surface area contributed by atoms with E-state index in [-0.39, 0.29) is 5.76 Å². The van der Waals surface area contributed by atoms with E-state index in [1.165, 1.54) is 13.2 Å². The lowest BCUT2D eigenvalue weighted by molar-refractivity contribution is 0.0558. The molecular formula is C14H13IO4. The third-order valence-corrected chi connectivity index (χ3v) is 4.27. The highest BCUT2D eigenvalue weighted by atomic mass is 127. The molecule has 100 valence electrons. The number of halogens is 1. The van der Waals surface area contributed by atoms with Crippen LogP contribution in [0.15, 0.2) is 34.7 Å². The number of rotatable bonds is 3. The van der Waals surface area contributed by atoms with E-state index in [1.54, 1.807) is 6.07 Å². The molecule has 5 heteroatoms. The zero-order valence-corrected chi connectivity index (χ0v) is 12.7. The molecule has 4 nitrogen and oxygen atoms in total. The molecular weight excluding hydrogens is 359 g/mol. The van der Waals surface area contributed by atoms with Crippen molar-refractivity contribution < 1.29 is 19.1 Å². The molecule has 0 saturated heterocycles. The normalized spacial score (nSPS) is 12.2. The first-order valence-corrected chi connectivity index (χ1v) is 6.73. The summed E-state index contributed by atoms with van der Waals surface area (Å²) in [5.41, 5.74) is 1.84. The number of aliphatic hydroxyl groups is 1. The first-order chi connectivity index (χ1) is 9.04. The molecule has 0 aliphatic rings. The molecule has 1 unspecified atom stereocenters. The maximum absolute atomic E-state index is 11.3. The molecule has 1 atom stereocenters. The first kappa shape index (κ1) is 14.1. The lowest BCUT2D eigenvalue weighted by atomic mass is 10.1. The second kappa shape index (κ2) is 5.75. The van der Waals surface area contributed by atoms with Gasteiger partial charge in [0.2, 0.25) is 5.76 Å². The lowest BCUT2D eigenvalue weighted by Crippen LogP contribution is -2.03. The van der Waals surface area contributed by atoms with Crippen LogP contribution in [0.3, 0.4) is 0 Å². The van der Waals surface area contributed by atoms with Crippen LogP contribution in [0.5, 0.6) is 0 Å². The van der Waals surface area contributed by atoms with Crippen molar-refractivity contribution in [3.8, 4) is 0 Å². The molecule has 0 fully saturated rings. The molecule has 0 spiro atoms. The van der Waals surface area contributed by atoms with Crippen LogP contribution in [0.2, 0.25) is 0 Å². The van der Waals surface area contributed by atoms with Gasteiger partial charge in [-0.3, -0.25) is 0 Å². The Balaban J connectivity index is 2.34. The molecule has 0 radical (unpaired) electrons. The number of benzene rings is 1. The fourth-order valence-electron chi connectivity index (χ4n) is 1.74. The van der Waals surface area contributed by atoms with Crippen molar-refractivity contribution in [1.29, 1.82) is 0 Å². The van der Waals surface area contributed by atoms with E-state index < -0.39 is 12.1 Å². The number of ether oxygens (including phenoxy) is 1. The quantitative estimate of drug-likeness (QED) is 0.665. The number of esters is 1. The number of hydrogen-bond acceptors (Lipinski definition) is 4. The average molecular weight is 372 g/mol. The van der Waals surface area contributed by atoms with Crippen LogP contribution in [0.1, 0.15) is 33.5 Å². The zero-order chi connectivity index (χ0) is 14.0. The predicted molar refractivity (Wildman–Crippen MR) is 78.0 cm³/mol. The molecule has 19 heavy (non-hydrogen) atoms. The minimum atomic E-state index is -0.898. The number of carbonyl (C=O) groups is 1. The van der Waals surface area contributed by atoms with Gasteiger partial charge in [-0.05, 0) is 47.2 Å². The molecule has 1 heterocycles. The summed E-state index contributed by atoms with van der Waals surface area (Å²) in [6, 6.07) is 8.75. The Morgan fingerprint density at radius 3 is 2.79 bits per heavy atom. The van der Waals surface area contributed by atoms with E-state index in [4.69, 9.17) is 4.42 Å². The molecule has 1 aromatic carbocycles. The SMILES string of the molecule is COC(=O)c1ccc(C(O)c2cccc(C)c2I)o1. The third-order valence-electron chi connectivity index (χ3n) is 2.80. The molecule has 1 aromatic heterocycles. The van der Waals surface area contributed by atoms with Crippen LogP contribution in [-0.4, -0.2) is 18.2 Å². The van der Waals surface area contributed by atoms with E-state index in [0.29, 0.717) is 5.76 Å². The number of aryl methyl sites for hydroxylation is 1. The van der Waals surface area contributed by atoms with Gasteiger partial charge in [0.15, 0.2) is 0 Å². The summed E-state index contributed by atoms with van der Waals surface area (Å²) in [6.07, 6.45) is -0.898. The van der Waals surface area contributed by atoms with Gasteiger partial charge in [-0.15, -0.1) is 0 Å². The van der Waals surface area contributed by atoms with Crippen LogP contribution >= 0.6 is 22.6 Å². The van der Waals surface area contributed by atoms with Crippen LogP contribution in [0, 0.1) is 10.5 Å². The van der Waals surface area contributed by atoms with Crippen molar-refractivity contribution in [2.75, 3.05) is 7.11 Å². The number of carbonyl (C=O) groups excluding carboxylic acids is 1. The molecule has 2 aromatic rings. The Hall–Kier alpha value is -1.34. The predicted octanol–water partition coefficient (Wildman–Crippen LogP) is 3.06. The molecule has 0 aliphatic carbocycles. The van der Waals surface area contributed by atoms with Crippen LogP contribution in [0.25, 0.3) is 0 Å². The first-order valence-electron chi connectivity index (χ1n) is 5.65. The minimum absolute atomic E-state index is 0.0826. The Kier molecular flexibility index (Phi) is 4.26. The summed E-state index contributed by atoms with van der Waals surface area (Å²) in [4.78, 5) is 11.3. The summed E-state index contributed by atoms with van der Waals surface area (Å²) in [5.74, 6) is -0.152. The summed E-state index contributed by atoms with van der Waals surface area (Å²) in [7, 11) is 1.28. The number of hydrogen-bond donors (Lipinski definition) is 1. The highest BCUT2D eigenvalue weighted by molar-refractivity contribution is 14.1. The Morgan fingerprint density at radius 1 is 1.37 bits per heavy atom. The fourth-order valence-corrected chi connectivity index (χ4v) is 2.40. The van der Waals surface area contributed by atoms with E-state index in [1.807, 2.05) is 25.1 Å². The van der Waals surface area contributed by atoms with Gasteiger partial charge in [-0.1, -0.05) is 18.2 Å². The van der Waals surface area contributed by atoms with Gasteiger partial charge in [0.05, 0.1) is 7.11 Å². The Labute approximate surface area is 124 Å². The summed E-state index contributed by atoms with van der Waals surface area (Å²) >= 11 is 2.18. The summed E-state index contributed by atoms with van der Waals surface area (Å²) < 4.78 is 10.9. The van der Waals surface area contributed by atoms with Crippen LogP contribution < -0.4 is 0 Å². The zero-order valence-electron chi connectivity index (χ0n) is 10.5. The number of methoxy groups -OCH3 is 1. The monoisotopic (exact) mass is 372 g/mol. The van der Waals surface area contributed by atoms with Crippen LogP contribution in [0.4, 0.5) is 0 Å². The Morgan fingerprint density at radius 2 is 2.11 bits per heavy atom. The molecule has 0 amide bonds. The minimum Gasteiger partial charge on any atom is -0.463 e. The van der Waals surface area contributed by atoms with Gasteiger partial charge in [0.1, 0.15) is 11.9 Å². The van der Waals surface area contributed by atoms with Crippen molar-refractivity contribution in [3.63, 3.8) is 0 Å². The van der Waals surface area contributed by atoms with Gasteiger partial charge in [-0.25, -0.2) is 4.79 Å². The van der Waals surface area contributed by atoms with Crippen molar-refractivity contribution in [2.45, 2.75) is 13.0 Å². The van der Waals surface area contributed by atoms with Gasteiger partial charge >= 0.3 is 5.97 Å². The number of aliphatic hydroxyl groups excluding tert-OH is 1. The topological polar surface area (TPSA) is 59.7 Å². The lowest BCUT2D eigenvalue weighted by Gasteiger charge is -2.12. The Bertz CT molecular complexity index is 603. The van der Waals surface area contributed by atoms with Gasteiger partial charge in [0, 0.05) is 9.13 Å². The molecule has 0 aliphatic heterocycles. The van der Waals surface area contributed by atoms with Crippen molar-refractivity contribution in [1.82, 2.24) is 0 Å². The smallest absolute Gasteiger partial charge is 0.373 e. The van der Waals surface area contributed by atoms with E-state index in [2.05, 4.69) is 27.3 Å². The van der Waals surface area contributed by atoms with Crippen molar-refractivity contribution >= 4 is 28.6 Å². The van der Waals surface area contributed by atoms with Crippen molar-refractivity contribution in [2.24, 2.45) is 0 Å². The summed E-state index contributed by atoms with van der Waals surface area (Å²) in [6.45, 7) is 1.97. The molecule has 2 rings (SSSR count). The third kappa shape index (κ3) is 2.82. The van der Waals surface area contributed by atoms with Crippen LogP contribution in [-0.2, 0) is 4.74 Å². The standard InChI is InChI=1S/C14H13IO4/c1-8-4-3-5-9(12(8)15)13(16)10-6-7-11(19-10)14(17)18-2/h3-7,13,16H,1-2H3. The highest BCUT2D eigenvalue weighted by Crippen LogP contribution is 2.29. The highest BCUT2D eigenvalue weighted by Gasteiger charge is 2.20. The summed E-state index contributed by atoms with van der Waals surface area (Å²) in [5, 5.41) is 10.3. The molecule has 0 saturated carbocycles. The molecule has 1 N–H and O–H groups in total. The number of furan rings is 1. The van der Waals surface area contributed by atoms with Gasteiger partial charge in [-0.2, -0.15) is 0 Å².